The third-order valence-corrected chi connectivity index (χ3v) is 3.38. The van der Waals surface area contributed by atoms with E-state index in [4.69, 9.17) is 20.8 Å². The van der Waals surface area contributed by atoms with Crippen LogP contribution in [0.5, 0.6) is 5.75 Å². The Balaban J connectivity index is 2.02. The summed E-state index contributed by atoms with van der Waals surface area (Å²) in [7, 11) is 0. The fraction of sp³-hybridized carbons (Fsp3) is 0.231. The van der Waals surface area contributed by atoms with E-state index < -0.39 is 0 Å². The lowest BCUT2D eigenvalue weighted by Crippen LogP contribution is -1.99. The fourth-order valence-electron chi connectivity index (χ4n) is 1.52. The molecule has 0 unspecified atom stereocenters. The average molecular weight is 331 g/mol. The van der Waals surface area contributed by atoms with Crippen LogP contribution in [-0.2, 0) is 6.54 Å². The van der Waals surface area contributed by atoms with Gasteiger partial charge in [0.05, 0.1) is 28.9 Å². The normalized spacial score (nSPS) is 10.4. The smallest absolute Gasteiger partial charge is 0.138 e. The molecule has 0 saturated carbocycles. The zero-order valence-corrected chi connectivity index (χ0v) is 12.2. The predicted molar refractivity (Wildman–Crippen MR) is 76.4 cm³/mol. The third kappa shape index (κ3) is 3.21. The molecule has 5 heteroatoms. The molecular formula is C13H13BrClNO2. The largest absolute Gasteiger partial charge is 0.492 e. The number of benzene rings is 1. The van der Waals surface area contributed by atoms with Gasteiger partial charge in [-0.05, 0) is 47.1 Å². The van der Waals surface area contributed by atoms with E-state index in [9.17, 15) is 0 Å². The van der Waals surface area contributed by atoms with Gasteiger partial charge in [0.25, 0.3) is 0 Å². The molecule has 1 aromatic carbocycles. The number of furan rings is 1. The Morgan fingerprint density at radius 3 is 2.83 bits per heavy atom. The molecule has 0 saturated heterocycles. The second-order valence-corrected chi connectivity index (χ2v) is 4.89. The van der Waals surface area contributed by atoms with Crippen molar-refractivity contribution in [2.45, 2.75) is 13.5 Å². The summed E-state index contributed by atoms with van der Waals surface area (Å²) in [5, 5.41) is 3.83. The molecule has 18 heavy (non-hydrogen) atoms. The summed E-state index contributed by atoms with van der Waals surface area (Å²) in [6.07, 6.45) is 1.65. The fourth-order valence-corrected chi connectivity index (χ4v) is 2.09. The number of nitrogens with one attached hydrogen (secondary N) is 1. The Morgan fingerprint density at radius 1 is 1.39 bits per heavy atom. The van der Waals surface area contributed by atoms with Crippen LogP contribution in [0.25, 0.3) is 0 Å². The number of ether oxygens (including phenoxy) is 1. The van der Waals surface area contributed by atoms with Crippen molar-refractivity contribution in [3.8, 4) is 5.75 Å². The maximum absolute atomic E-state index is 6.10. The SMILES string of the molecule is CCOc1ccc(NCc2occc2Br)cc1Cl. The van der Waals surface area contributed by atoms with Crippen LogP contribution < -0.4 is 10.1 Å². The molecule has 0 aliphatic heterocycles. The molecule has 2 rings (SSSR count). The predicted octanol–water partition coefficient (Wildman–Crippen LogP) is 4.71. The molecule has 0 aliphatic carbocycles. The van der Waals surface area contributed by atoms with Gasteiger partial charge in [-0.1, -0.05) is 11.6 Å². The second-order valence-electron chi connectivity index (χ2n) is 3.62. The number of halogens is 2. The van der Waals surface area contributed by atoms with Gasteiger partial charge in [0, 0.05) is 5.69 Å². The van der Waals surface area contributed by atoms with E-state index in [1.807, 2.05) is 31.2 Å². The summed E-state index contributed by atoms with van der Waals surface area (Å²) in [6.45, 7) is 3.13. The van der Waals surface area contributed by atoms with Crippen molar-refractivity contribution in [1.82, 2.24) is 0 Å². The molecule has 3 nitrogen and oxygen atoms in total. The van der Waals surface area contributed by atoms with Crippen molar-refractivity contribution in [2.75, 3.05) is 11.9 Å². The van der Waals surface area contributed by atoms with Crippen molar-refractivity contribution >= 4 is 33.2 Å². The summed E-state index contributed by atoms with van der Waals surface area (Å²) in [5.74, 6) is 1.55. The highest BCUT2D eigenvalue weighted by Gasteiger charge is 2.05. The quantitative estimate of drug-likeness (QED) is 0.862. The minimum atomic E-state index is 0.595. The van der Waals surface area contributed by atoms with Gasteiger partial charge >= 0.3 is 0 Å². The Bertz CT molecular complexity index is 527. The molecule has 96 valence electrons. The first-order valence-corrected chi connectivity index (χ1v) is 6.76. The average Bonchev–Trinajstić information content (AvgIpc) is 2.76. The summed E-state index contributed by atoms with van der Waals surface area (Å²) < 4.78 is 11.6. The topological polar surface area (TPSA) is 34.4 Å². The highest BCUT2D eigenvalue weighted by atomic mass is 79.9. The van der Waals surface area contributed by atoms with E-state index in [1.54, 1.807) is 6.26 Å². The number of hydrogen-bond acceptors (Lipinski definition) is 3. The highest BCUT2D eigenvalue weighted by Crippen LogP contribution is 2.28. The van der Waals surface area contributed by atoms with Gasteiger partial charge in [-0.25, -0.2) is 0 Å². The summed E-state index contributed by atoms with van der Waals surface area (Å²) in [6, 6.07) is 7.48. The van der Waals surface area contributed by atoms with E-state index in [-0.39, 0.29) is 0 Å². The van der Waals surface area contributed by atoms with Gasteiger partial charge < -0.3 is 14.5 Å². The summed E-state index contributed by atoms with van der Waals surface area (Å²) >= 11 is 9.51. The van der Waals surface area contributed by atoms with Crippen molar-refractivity contribution in [2.24, 2.45) is 0 Å². The Kier molecular flexibility index (Phi) is 4.55. The first kappa shape index (κ1) is 13.3. The van der Waals surface area contributed by atoms with E-state index in [1.165, 1.54) is 0 Å². The molecule has 0 amide bonds. The van der Waals surface area contributed by atoms with Crippen LogP contribution >= 0.6 is 27.5 Å². The maximum atomic E-state index is 6.10. The molecule has 2 aromatic rings. The van der Waals surface area contributed by atoms with Crippen molar-refractivity contribution in [1.29, 1.82) is 0 Å². The van der Waals surface area contributed by atoms with E-state index in [2.05, 4.69) is 21.2 Å². The molecule has 1 heterocycles. The van der Waals surface area contributed by atoms with Crippen LogP contribution in [0.4, 0.5) is 5.69 Å². The molecule has 0 aliphatic rings. The molecule has 0 radical (unpaired) electrons. The summed E-state index contributed by atoms with van der Waals surface area (Å²) in [4.78, 5) is 0. The van der Waals surface area contributed by atoms with Crippen LogP contribution in [0.15, 0.2) is 39.4 Å². The lowest BCUT2D eigenvalue weighted by Gasteiger charge is -2.09. The third-order valence-electron chi connectivity index (χ3n) is 2.38. The molecular weight excluding hydrogens is 318 g/mol. The molecule has 0 atom stereocenters. The second kappa shape index (κ2) is 6.16. The number of hydrogen-bond donors (Lipinski definition) is 1. The van der Waals surface area contributed by atoms with E-state index in [0.29, 0.717) is 23.9 Å². The zero-order valence-electron chi connectivity index (χ0n) is 9.87. The molecule has 0 bridgehead atoms. The van der Waals surface area contributed by atoms with Crippen molar-refractivity contribution in [3.63, 3.8) is 0 Å². The van der Waals surface area contributed by atoms with Gasteiger partial charge in [-0.3, -0.25) is 0 Å². The maximum Gasteiger partial charge on any atom is 0.138 e. The van der Waals surface area contributed by atoms with Gasteiger partial charge in [-0.2, -0.15) is 0 Å². The molecule has 1 N–H and O–H groups in total. The lowest BCUT2D eigenvalue weighted by atomic mass is 10.3. The standard InChI is InChI=1S/C13H13BrClNO2/c1-2-17-12-4-3-9(7-11(12)15)16-8-13-10(14)5-6-18-13/h3-7,16H,2,8H2,1H3. The van der Waals surface area contributed by atoms with Gasteiger partial charge in [0.1, 0.15) is 11.5 Å². The van der Waals surface area contributed by atoms with Crippen LogP contribution in [0.2, 0.25) is 5.02 Å². The Hall–Kier alpha value is -1.13. The first-order chi connectivity index (χ1) is 8.70. The van der Waals surface area contributed by atoms with Gasteiger partial charge in [0.2, 0.25) is 0 Å². The Morgan fingerprint density at radius 2 is 2.22 bits per heavy atom. The minimum Gasteiger partial charge on any atom is -0.492 e. The van der Waals surface area contributed by atoms with E-state index in [0.717, 1.165) is 15.9 Å². The van der Waals surface area contributed by atoms with Gasteiger partial charge in [-0.15, -0.1) is 0 Å². The van der Waals surface area contributed by atoms with Gasteiger partial charge in [0.15, 0.2) is 0 Å². The summed E-state index contributed by atoms with van der Waals surface area (Å²) in [5.41, 5.74) is 0.923. The first-order valence-electron chi connectivity index (χ1n) is 5.58. The van der Waals surface area contributed by atoms with Crippen molar-refractivity contribution in [3.05, 3.63) is 45.8 Å². The minimum absolute atomic E-state index is 0.595. The Labute approximate surface area is 119 Å². The highest BCUT2D eigenvalue weighted by molar-refractivity contribution is 9.10. The molecule has 1 aromatic heterocycles. The number of anilines is 1. The molecule has 0 spiro atoms. The van der Waals surface area contributed by atoms with Crippen LogP contribution in [0, 0.1) is 0 Å². The number of rotatable bonds is 5. The van der Waals surface area contributed by atoms with Crippen LogP contribution in [0.1, 0.15) is 12.7 Å². The van der Waals surface area contributed by atoms with Crippen molar-refractivity contribution < 1.29 is 9.15 Å². The zero-order chi connectivity index (χ0) is 13.0. The van der Waals surface area contributed by atoms with E-state index >= 15 is 0 Å². The lowest BCUT2D eigenvalue weighted by molar-refractivity contribution is 0.340. The monoisotopic (exact) mass is 329 g/mol. The van der Waals surface area contributed by atoms with Crippen LogP contribution in [0.3, 0.4) is 0 Å². The molecule has 0 fully saturated rings. The van der Waals surface area contributed by atoms with Crippen LogP contribution in [-0.4, -0.2) is 6.61 Å².